The van der Waals surface area contributed by atoms with E-state index in [1.807, 2.05) is 0 Å². The quantitative estimate of drug-likeness (QED) is 0.270. The molecule has 0 aromatic heterocycles. The van der Waals surface area contributed by atoms with Crippen LogP contribution < -0.4 is 0 Å². The molecule has 0 rings (SSSR count). The van der Waals surface area contributed by atoms with E-state index >= 15 is 0 Å². The number of ether oxygens (including phenoxy) is 2. The van der Waals surface area contributed by atoms with Crippen molar-refractivity contribution in [1.82, 2.24) is 0 Å². The largest absolute Gasteiger partial charge is 0.513 e. The van der Waals surface area contributed by atoms with Crippen molar-refractivity contribution in [2.75, 3.05) is 13.2 Å². The summed E-state index contributed by atoms with van der Waals surface area (Å²) in [5.41, 5.74) is -0.768. The van der Waals surface area contributed by atoms with Crippen molar-refractivity contribution in [2.45, 2.75) is 13.8 Å². The molecular weight excluding hydrogens is 266 g/mol. The van der Waals surface area contributed by atoms with Crippen molar-refractivity contribution in [3.63, 3.8) is 0 Å². The molecule has 0 fully saturated rings. The summed E-state index contributed by atoms with van der Waals surface area (Å²) in [7, 11) is 0. The van der Waals surface area contributed by atoms with Crippen LogP contribution in [0.1, 0.15) is 13.8 Å². The van der Waals surface area contributed by atoms with Gasteiger partial charge in [0.1, 0.15) is 0 Å². The summed E-state index contributed by atoms with van der Waals surface area (Å²) in [5, 5.41) is 9.20. The van der Waals surface area contributed by atoms with E-state index in [1.165, 1.54) is 6.92 Å². The molecule has 0 aromatic rings. The van der Waals surface area contributed by atoms with Gasteiger partial charge in [-0.25, -0.2) is 9.64 Å². The number of rotatable bonds is 4. The fourth-order valence-electron chi connectivity index (χ4n) is 0.691. The number of hydrogen-bond acceptors (Lipinski definition) is 5. The fraction of sp³-hybridized carbons (Fsp3) is 0.444. The molecule has 0 aromatic carbocycles. The number of carbonyl (C=O) groups excluding carboxylic acids is 2. The van der Waals surface area contributed by atoms with Gasteiger partial charge in [-0.3, -0.25) is 4.79 Å². The van der Waals surface area contributed by atoms with Crippen LogP contribution in [0.2, 0.25) is 0 Å². The van der Waals surface area contributed by atoms with Gasteiger partial charge < -0.3 is 14.6 Å². The summed E-state index contributed by atoms with van der Waals surface area (Å²) in [6, 6.07) is 0. The van der Waals surface area contributed by atoms with Gasteiger partial charge >= 0.3 is 17.6 Å². The minimum atomic E-state index is -1.11. The third-order valence-electron chi connectivity index (χ3n) is 1.27. The molecule has 16 heavy (non-hydrogen) atoms. The van der Waals surface area contributed by atoms with Crippen molar-refractivity contribution in [3.8, 4) is 0 Å². The van der Waals surface area contributed by atoms with Crippen LogP contribution >= 0.6 is 0 Å². The number of aliphatic hydroxyl groups is 1. The molecule has 0 unspecified atom stereocenters. The Morgan fingerprint density at radius 2 is 1.62 bits per heavy atom. The van der Waals surface area contributed by atoms with Gasteiger partial charge in [0.2, 0.25) is 5.76 Å². The molecule has 0 aliphatic carbocycles. The number of esters is 2. The molecule has 93 valence electrons. The summed E-state index contributed by atoms with van der Waals surface area (Å²) < 4.78 is 8.88. The van der Waals surface area contributed by atoms with Gasteiger partial charge in [-0.15, -0.1) is 0 Å². The second-order valence-electron chi connectivity index (χ2n) is 2.25. The summed E-state index contributed by atoms with van der Waals surface area (Å²) in [6.07, 6.45) is 0. The third kappa shape index (κ3) is 4.82. The topological polar surface area (TPSA) is 77.2 Å². The molecule has 1 radical (unpaired) electrons. The first kappa shape index (κ1) is 16.9. The maximum Gasteiger partial charge on any atom is 0.362 e. The maximum absolute atomic E-state index is 11.1. The third-order valence-corrected chi connectivity index (χ3v) is 1.27. The molecule has 0 aliphatic rings. The van der Waals surface area contributed by atoms with Gasteiger partial charge in [-0.2, -0.15) is 0 Å². The number of aliphatic hydroxyl groups excluding tert-OH is 1. The van der Waals surface area contributed by atoms with E-state index in [-0.39, 0.29) is 30.3 Å². The van der Waals surface area contributed by atoms with Crippen LogP contribution in [0.4, 0.5) is 0 Å². The van der Waals surface area contributed by atoms with Gasteiger partial charge in [0, 0.05) is 17.1 Å². The molecule has 0 bridgehead atoms. The van der Waals surface area contributed by atoms with E-state index in [0.717, 1.165) is 0 Å². The van der Waals surface area contributed by atoms with E-state index in [9.17, 15) is 14.7 Å². The summed E-state index contributed by atoms with van der Waals surface area (Å²) >= 11 is 0. The van der Waals surface area contributed by atoms with Crippen LogP contribution in [0.5, 0.6) is 0 Å². The molecule has 0 spiro atoms. The minimum absolute atomic E-state index is 0. The summed E-state index contributed by atoms with van der Waals surface area (Å²) in [4.78, 5) is 24.7. The van der Waals surface area contributed by atoms with Crippen LogP contribution in [-0.4, -0.2) is 30.3 Å². The van der Waals surface area contributed by atoms with E-state index < -0.39 is 23.4 Å². The molecule has 0 atom stereocenters. The summed E-state index contributed by atoms with van der Waals surface area (Å²) in [5.74, 6) is -3.18. The Hall–Kier alpha value is -1.51. The molecule has 0 heterocycles. The Morgan fingerprint density at radius 1 is 1.19 bits per heavy atom. The molecule has 6 nitrogen and oxygen atoms in total. The average Bonchev–Trinajstić information content (AvgIpc) is 2.19. The molecule has 0 aliphatic heterocycles. The predicted octanol–water partition coefficient (Wildman–Crippen LogP) is 0.799. The number of carbonyl (C=O) groups is 2. The monoisotopic (exact) mass is 276 g/mol. The van der Waals surface area contributed by atoms with E-state index in [0.29, 0.717) is 0 Å². The van der Waals surface area contributed by atoms with Crippen molar-refractivity contribution in [3.05, 3.63) is 22.9 Å². The number of nitrogens with zero attached hydrogens (tertiary/aromatic N) is 1. The zero-order valence-corrected chi connectivity index (χ0v) is 9.68. The van der Waals surface area contributed by atoms with E-state index in [4.69, 9.17) is 6.57 Å². The average molecular weight is 277 g/mol. The Balaban J connectivity index is 0. The van der Waals surface area contributed by atoms with Gasteiger partial charge in [0.25, 0.3) is 0 Å². The van der Waals surface area contributed by atoms with Crippen molar-refractivity contribution in [2.24, 2.45) is 0 Å². The van der Waals surface area contributed by atoms with Gasteiger partial charge in [0.05, 0.1) is 19.8 Å². The van der Waals surface area contributed by atoms with E-state index in [1.54, 1.807) is 6.92 Å². The smallest absolute Gasteiger partial charge is 0.362 e. The molecule has 0 amide bonds. The van der Waals surface area contributed by atoms with Crippen LogP contribution in [-0.2, 0) is 36.1 Å². The second kappa shape index (κ2) is 8.77. The van der Waals surface area contributed by atoms with E-state index in [2.05, 4.69) is 14.3 Å². The maximum atomic E-state index is 11.1. The molecule has 1 N–H and O–H groups in total. The van der Waals surface area contributed by atoms with Gasteiger partial charge in [-0.1, -0.05) is 0 Å². The summed E-state index contributed by atoms with van der Waals surface area (Å²) in [6.45, 7) is 9.79. The van der Waals surface area contributed by atoms with Gasteiger partial charge in [0.15, 0.2) is 0 Å². The molecule has 0 saturated heterocycles. The first-order valence-corrected chi connectivity index (χ1v) is 4.23. The van der Waals surface area contributed by atoms with Gasteiger partial charge in [-0.05, 0) is 13.8 Å². The second-order valence-corrected chi connectivity index (χ2v) is 2.25. The van der Waals surface area contributed by atoms with Crippen LogP contribution in [0, 0.1) is 6.57 Å². The molecule has 7 heteroatoms. The zero-order chi connectivity index (χ0) is 11.8. The first-order chi connectivity index (χ1) is 7.08. The zero-order valence-electron chi connectivity index (χ0n) is 8.74. The Bertz CT molecular complexity index is 331. The Morgan fingerprint density at radius 3 is 2.00 bits per heavy atom. The van der Waals surface area contributed by atoms with Crippen molar-refractivity contribution >= 4 is 11.9 Å². The normalized spacial score (nSPS) is 10.3. The number of hydrogen-bond donors (Lipinski definition) is 1. The molecular formula is C9H11CuNO5. The standard InChI is InChI=1S/C9H11NO5.Cu/c1-4-14-8(12)6(10-3)7(11)9(13)15-5-2;/h11H,4-5H2,1-2H3;/b7-6+;. The fourth-order valence-corrected chi connectivity index (χ4v) is 0.691. The van der Waals surface area contributed by atoms with Crippen molar-refractivity contribution in [1.29, 1.82) is 0 Å². The van der Waals surface area contributed by atoms with Crippen molar-refractivity contribution < 1.29 is 41.2 Å². The Labute approximate surface area is 104 Å². The molecule has 0 saturated carbocycles. The minimum Gasteiger partial charge on any atom is -0.513 e. The van der Waals surface area contributed by atoms with Crippen LogP contribution in [0.3, 0.4) is 0 Å². The van der Waals surface area contributed by atoms with Crippen LogP contribution in [0.25, 0.3) is 4.85 Å². The predicted molar refractivity (Wildman–Crippen MR) is 49.5 cm³/mol. The van der Waals surface area contributed by atoms with Crippen LogP contribution in [0.15, 0.2) is 11.5 Å². The Kier molecular flexibility index (Phi) is 9.26. The SMILES string of the molecule is [C-]#[N+]/C(C(=O)OCC)=C(/O)C(=O)OCC.[Cu]. The first-order valence-electron chi connectivity index (χ1n) is 4.23.